The summed E-state index contributed by atoms with van der Waals surface area (Å²) in [6, 6.07) is 8.12. The van der Waals surface area contributed by atoms with Crippen LogP contribution in [-0.4, -0.2) is 52.3 Å². The zero-order valence-corrected chi connectivity index (χ0v) is 18.4. The van der Waals surface area contributed by atoms with E-state index in [0.29, 0.717) is 18.8 Å². The van der Waals surface area contributed by atoms with Crippen molar-refractivity contribution in [3.8, 4) is 9.88 Å². The molecule has 1 aliphatic heterocycles. The zero-order valence-electron chi connectivity index (χ0n) is 16.8. The summed E-state index contributed by atoms with van der Waals surface area (Å²) in [6.07, 6.45) is 0.261. The van der Waals surface area contributed by atoms with E-state index in [0.717, 1.165) is 44.6 Å². The third kappa shape index (κ3) is 3.59. The van der Waals surface area contributed by atoms with Crippen molar-refractivity contribution in [2.45, 2.75) is 20.3 Å². The van der Waals surface area contributed by atoms with Gasteiger partial charge in [0.25, 0.3) is 0 Å². The Kier molecular flexibility index (Phi) is 5.00. The zero-order chi connectivity index (χ0) is 20.7. The van der Waals surface area contributed by atoms with Gasteiger partial charge in [-0.05, 0) is 48.6 Å². The second kappa shape index (κ2) is 7.81. The lowest BCUT2D eigenvalue weighted by molar-refractivity contribution is -0.130. The van der Waals surface area contributed by atoms with Crippen molar-refractivity contribution in [3.63, 3.8) is 0 Å². The van der Waals surface area contributed by atoms with Crippen molar-refractivity contribution in [1.29, 1.82) is 0 Å². The van der Waals surface area contributed by atoms with E-state index in [-0.39, 0.29) is 12.3 Å². The summed E-state index contributed by atoms with van der Waals surface area (Å²) in [5.41, 5.74) is 3.78. The highest BCUT2D eigenvalue weighted by Gasteiger charge is 2.25. The Morgan fingerprint density at radius 1 is 1.13 bits per heavy atom. The predicted molar refractivity (Wildman–Crippen MR) is 119 cm³/mol. The molecule has 0 spiro atoms. The molecule has 0 aliphatic carbocycles. The third-order valence-electron chi connectivity index (χ3n) is 5.53. The van der Waals surface area contributed by atoms with Crippen molar-refractivity contribution >= 4 is 44.7 Å². The maximum atomic E-state index is 12.9. The van der Waals surface area contributed by atoms with Crippen LogP contribution >= 0.6 is 22.7 Å². The summed E-state index contributed by atoms with van der Waals surface area (Å²) in [5.74, 6) is 0.0830. The molecular weight excluding hydrogens is 418 g/mol. The smallest absolute Gasteiger partial charge is 0.228 e. The van der Waals surface area contributed by atoms with Gasteiger partial charge >= 0.3 is 0 Å². The number of hydrogen-bond donors (Lipinski definition) is 0. The molecule has 154 valence electrons. The first kappa shape index (κ1) is 19.2. The van der Waals surface area contributed by atoms with Gasteiger partial charge in [-0.2, -0.15) is 0 Å². The molecule has 0 radical (unpaired) electrons. The minimum Gasteiger partial charge on any atom is -0.356 e. The highest BCUT2D eigenvalue weighted by atomic mass is 32.1. The Balaban J connectivity index is 1.23. The standard InChI is InChI=1S/C21H21N5O2S2/c1-13-10-15-16(24-28-17(15)11-14(13)2)12-19(27)25-5-7-26(8-6-25)21-23-22-20(30-21)18-4-3-9-29-18/h3-4,9-11H,5-8,12H2,1-2H3. The van der Waals surface area contributed by atoms with Crippen LogP contribution in [0.4, 0.5) is 5.13 Å². The summed E-state index contributed by atoms with van der Waals surface area (Å²) in [4.78, 5) is 18.1. The molecule has 1 amide bonds. The number of aryl methyl sites for hydroxylation is 2. The van der Waals surface area contributed by atoms with Crippen molar-refractivity contribution in [2.75, 3.05) is 31.1 Å². The van der Waals surface area contributed by atoms with Crippen LogP contribution in [0.25, 0.3) is 20.9 Å². The first-order valence-corrected chi connectivity index (χ1v) is 11.5. The number of nitrogens with zero attached hydrogens (tertiary/aromatic N) is 5. The topological polar surface area (TPSA) is 75.4 Å². The molecule has 4 aromatic rings. The first-order valence-electron chi connectivity index (χ1n) is 9.84. The molecule has 5 rings (SSSR count). The van der Waals surface area contributed by atoms with Gasteiger partial charge in [-0.3, -0.25) is 4.79 Å². The molecule has 1 saturated heterocycles. The number of thiophene rings is 1. The van der Waals surface area contributed by atoms with Crippen LogP contribution in [0.5, 0.6) is 0 Å². The van der Waals surface area contributed by atoms with Gasteiger partial charge in [-0.1, -0.05) is 22.6 Å². The average molecular weight is 440 g/mol. The van der Waals surface area contributed by atoms with Crippen LogP contribution in [-0.2, 0) is 11.2 Å². The summed E-state index contributed by atoms with van der Waals surface area (Å²) in [7, 11) is 0. The molecule has 0 saturated carbocycles. The average Bonchev–Trinajstić information content (AvgIpc) is 3.50. The second-order valence-corrected chi connectivity index (χ2v) is 9.38. The quantitative estimate of drug-likeness (QED) is 0.480. The Bertz CT molecular complexity index is 1190. The second-order valence-electron chi connectivity index (χ2n) is 7.47. The number of rotatable bonds is 4. The summed E-state index contributed by atoms with van der Waals surface area (Å²) < 4.78 is 5.44. The Morgan fingerprint density at radius 3 is 2.70 bits per heavy atom. The largest absolute Gasteiger partial charge is 0.356 e. The van der Waals surface area contributed by atoms with Gasteiger partial charge < -0.3 is 14.3 Å². The highest BCUT2D eigenvalue weighted by Crippen LogP contribution is 2.32. The molecule has 30 heavy (non-hydrogen) atoms. The number of anilines is 1. The number of carbonyl (C=O) groups is 1. The molecular formula is C21H21N5O2S2. The lowest BCUT2D eigenvalue weighted by atomic mass is 10.1. The molecule has 9 heteroatoms. The Hall–Kier alpha value is -2.78. The fourth-order valence-electron chi connectivity index (χ4n) is 3.62. The van der Waals surface area contributed by atoms with Gasteiger partial charge in [0.1, 0.15) is 5.69 Å². The number of carbonyl (C=O) groups excluding carboxylic acids is 1. The molecule has 1 aromatic carbocycles. The van der Waals surface area contributed by atoms with E-state index in [1.54, 1.807) is 22.7 Å². The highest BCUT2D eigenvalue weighted by molar-refractivity contribution is 7.22. The predicted octanol–water partition coefficient (Wildman–Crippen LogP) is 3.92. The van der Waals surface area contributed by atoms with E-state index in [4.69, 9.17) is 4.52 Å². The maximum Gasteiger partial charge on any atom is 0.228 e. The van der Waals surface area contributed by atoms with E-state index in [2.05, 4.69) is 39.3 Å². The third-order valence-corrected chi connectivity index (χ3v) is 7.55. The first-order chi connectivity index (χ1) is 14.6. The van der Waals surface area contributed by atoms with Gasteiger partial charge in [0.05, 0.1) is 11.3 Å². The molecule has 7 nitrogen and oxygen atoms in total. The molecule has 1 aliphatic rings. The van der Waals surface area contributed by atoms with Gasteiger partial charge in [0, 0.05) is 31.6 Å². The van der Waals surface area contributed by atoms with Crippen LogP contribution in [0.15, 0.2) is 34.2 Å². The molecule has 1 fully saturated rings. The molecule has 4 heterocycles. The molecule has 0 unspecified atom stereocenters. The summed E-state index contributed by atoms with van der Waals surface area (Å²) in [5, 5.41) is 17.7. The van der Waals surface area contributed by atoms with Crippen molar-refractivity contribution in [2.24, 2.45) is 0 Å². The van der Waals surface area contributed by atoms with Gasteiger partial charge in [0.2, 0.25) is 11.0 Å². The van der Waals surface area contributed by atoms with Gasteiger partial charge in [0.15, 0.2) is 10.6 Å². The van der Waals surface area contributed by atoms with Gasteiger partial charge in [-0.15, -0.1) is 21.5 Å². The number of amides is 1. The van der Waals surface area contributed by atoms with Crippen LogP contribution in [0.3, 0.4) is 0 Å². The van der Waals surface area contributed by atoms with Crippen LogP contribution in [0.2, 0.25) is 0 Å². The molecule has 0 bridgehead atoms. The number of benzene rings is 1. The molecule has 3 aromatic heterocycles. The molecule has 0 atom stereocenters. The Morgan fingerprint density at radius 2 is 1.93 bits per heavy atom. The minimum absolute atomic E-state index is 0.0830. The number of piperazine rings is 1. The molecule has 0 N–H and O–H groups in total. The van der Waals surface area contributed by atoms with E-state index >= 15 is 0 Å². The van der Waals surface area contributed by atoms with Crippen molar-refractivity contribution in [1.82, 2.24) is 20.3 Å². The number of fused-ring (bicyclic) bond motifs is 1. The SMILES string of the molecule is Cc1cc2onc(CC(=O)N3CCN(c4nnc(-c5cccs5)s4)CC3)c2cc1C. The maximum absolute atomic E-state index is 12.9. The van der Waals surface area contributed by atoms with Crippen molar-refractivity contribution in [3.05, 3.63) is 46.5 Å². The fraction of sp³-hybridized carbons (Fsp3) is 0.333. The van der Waals surface area contributed by atoms with Gasteiger partial charge in [-0.25, -0.2) is 0 Å². The normalized spacial score (nSPS) is 14.6. The van der Waals surface area contributed by atoms with Crippen LogP contribution < -0.4 is 4.90 Å². The number of hydrogen-bond acceptors (Lipinski definition) is 8. The van der Waals surface area contributed by atoms with E-state index in [1.165, 1.54) is 5.56 Å². The number of aromatic nitrogens is 3. The summed E-state index contributed by atoms with van der Waals surface area (Å²) in [6.45, 7) is 6.94. The van der Waals surface area contributed by atoms with Crippen LogP contribution in [0, 0.1) is 13.8 Å². The monoisotopic (exact) mass is 439 g/mol. The fourth-order valence-corrected chi connectivity index (χ4v) is 5.31. The lowest BCUT2D eigenvalue weighted by Crippen LogP contribution is -2.49. The minimum atomic E-state index is 0.0830. The van der Waals surface area contributed by atoms with Crippen LogP contribution in [0.1, 0.15) is 16.8 Å². The van der Waals surface area contributed by atoms with Crippen molar-refractivity contribution < 1.29 is 9.32 Å². The van der Waals surface area contributed by atoms with E-state index in [9.17, 15) is 4.79 Å². The Labute approximate surface area is 181 Å². The van der Waals surface area contributed by atoms with E-state index < -0.39 is 0 Å². The van der Waals surface area contributed by atoms with E-state index in [1.807, 2.05) is 29.3 Å². The lowest BCUT2D eigenvalue weighted by Gasteiger charge is -2.34. The summed E-state index contributed by atoms with van der Waals surface area (Å²) >= 11 is 3.27.